The van der Waals surface area contributed by atoms with Crippen LogP contribution in [0.3, 0.4) is 0 Å². The second kappa shape index (κ2) is 13.3. The minimum absolute atomic E-state index is 0.639. The fourth-order valence-electron chi connectivity index (χ4n) is 11.3. The van der Waals surface area contributed by atoms with Crippen LogP contribution < -0.4 is 9.64 Å². The molecule has 10 aromatic carbocycles. The number of ether oxygens (including phenoxy) is 1. The van der Waals surface area contributed by atoms with Crippen LogP contribution in [0.15, 0.2) is 229 Å². The van der Waals surface area contributed by atoms with Crippen molar-refractivity contribution in [2.75, 3.05) is 4.90 Å². The molecule has 0 bridgehead atoms. The zero-order chi connectivity index (χ0) is 41.9. The Morgan fingerprint density at radius 1 is 0.281 bits per heavy atom. The molecule has 1 atom stereocenters. The number of hydrogen-bond donors (Lipinski definition) is 0. The van der Waals surface area contributed by atoms with E-state index in [-0.39, 0.29) is 0 Å². The highest BCUT2D eigenvalue weighted by Gasteiger charge is 2.50. The quantitative estimate of drug-likeness (QED) is 0.178. The summed E-state index contributed by atoms with van der Waals surface area (Å²) in [6.07, 6.45) is 0. The molecule has 3 nitrogen and oxygen atoms in total. The number of benzene rings is 10. The standard InChI is InChI=1S/C61H37NO2/c1-2-16-38(17-3-1)62(40-31-33-59-51(35-40)44-21-7-5-19-42(44)47-24-10-14-28-57(47)63-59)39-30-32-55-49(34-39)43-20-6-4-18-41(43)45-22-8-12-26-53(45)61(55)54-27-13-9-23-46(54)50-37-60-52(36-56(50)61)48-25-11-15-29-58(48)64-60/h1-37H. The average molecular weight is 816 g/mol. The van der Waals surface area contributed by atoms with E-state index in [4.69, 9.17) is 9.15 Å². The summed E-state index contributed by atoms with van der Waals surface area (Å²) in [5.41, 5.74) is 21.2. The van der Waals surface area contributed by atoms with Crippen molar-refractivity contribution in [3.8, 4) is 67.1 Å². The summed E-state index contributed by atoms with van der Waals surface area (Å²) < 4.78 is 13.3. The first-order valence-electron chi connectivity index (χ1n) is 22.0. The molecule has 1 spiro atoms. The SMILES string of the molecule is c1ccc(N(c2ccc3c(c2)-c2ccccc2-c2ccccc2O3)c2ccc3c(c2)-c2ccccc2-c2ccccc2C32c3ccccc3-c3cc4oc5ccccc5c4cc32)cc1. The van der Waals surface area contributed by atoms with Crippen LogP contribution in [0.5, 0.6) is 11.5 Å². The van der Waals surface area contributed by atoms with Crippen LogP contribution in [0, 0.1) is 0 Å². The van der Waals surface area contributed by atoms with Crippen molar-refractivity contribution in [1.82, 2.24) is 0 Å². The minimum atomic E-state index is -0.639. The Kier molecular flexibility index (Phi) is 7.32. The summed E-state index contributed by atoms with van der Waals surface area (Å²) >= 11 is 0. The van der Waals surface area contributed by atoms with Gasteiger partial charge in [-0.1, -0.05) is 158 Å². The molecule has 1 aromatic heterocycles. The Morgan fingerprint density at radius 3 is 1.53 bits per heavy atom. The molecule has 0 radical (unpaired) electrons. The maximum Gasteiger partial charge on any atom is 0.136 e. The highest BCUT2D eigenvalue weighted by Crippen LogP contribution is 2.63. The van der Waals surface area contributed by atoms with Gasteiger partial charge in [-0.05, 0) is 133 Å². The summed E-state index contributed by atoms with van der Waals surface area (Å²) in [6, 6.07) is 81.8. The molecular weight excluding hydrogens is 779 g/mol. The molecule has 0 saturated heterocycles. The van der Waals surface area contributed by atoms with Crippen molar-refractivity contribution >= 4 is 39.0 Å². The topological polar surface area (TPSA) is 25.6 Å². The molecule has 1 aliphatic heterocycles. The maximum absolute atomic E-state index is 6.72. The predicted molar refractivity (Wildman–Crippen MR) is 261 cm³/mol. The highest BCUT2D eigenvalue weighted by atomic mass is 16.5. The molecule has 0 saturated carbocycles. The molecule has 298 valence electrons. The molecule has 2 heterocycles. The van der Waals surface area contributed by atoms with E-state index in [9.17, 15) is 0 Å². The van der Waals surface area contributed by atoms with Crippen LogP contribution in [0.4, 0.5) is 17.1 Å². The van der Waals surface area contributed by atoms with E-state index in [1.807, 2.05) is 6.07 Å². The lowest BCUT2D eigenvalue weighted by Crippen LogP contribution is -2.29. The Hall–Kier alpha value is -8.40. The monoisotopic (exact) mass is 815 g/mol. The van der Waals surface area contributed by atoms with Crippen molar-refractivity contribution in [2.45, 2.75) is 5.41 Å². The number of para-hydroxylation sites is 3. The fourth-order valence-corrected chi connectivity index (χ4v) is 11.3. The van der Waals surface area contributed by atoms with Crippen molar-refractivity contribution < 1.29 is 9.15 Å². The number of hydrogen-bond acceptors (Lipinski definition) is 3. The highest BCUT2D eigenvalue weighted by molar-refractivity contribution is 6.09. The van der Waals surface area contributed by atoms with Crippen LogP contribution in [-0.4, -0.2) is 0 Å². The van der Waals surface area contributed by atoms with Gasteiger partial charge in [-0.15, -0.1) is 0 Å². The van der Waals surface area contributed by atoms with Gasteiger partial charge in [-0.25, -0.2) is 0 Å². The maximum atomic E-state index is 6.72. The van der Waals surface area contributed by atoms with E-state index < -0.39 is 5.41 Å². The smallest absolute Gasteiger partial charge is 0.136 e. The molecule has 2 aliphatic carbocycles. The van der Waals surface area contributed by atoms with E-state index in [0.29, 0.717) is 0 Å². The third-order valence-corrected chi connectivity index (χ3v) is 13.9. The molecule has 0 N–H and O–H groups in total. The second-order valence-corrected chi connectivity index (χ2v) is 17.1. The Bertz CT molecular complexity index is 3730. The molecule has 11 aromatic rings. The molecule has 1 unspecified atom stereocenters. The molecule has 0 fully saturated rings. The van der Waals surface area contributed by atoms with Gasteiger partial charge in [-0.2, -0.15) is 0 Å². The lowest BCUT2D eigenvalue weighted by molar-refractivity contribution is 0.488. The first-order chi connectivity index (χ1) is 31.7. The van der Waals surface area contributed by atoms with Gasteiger partial charge < -0.3 is 14.1 Å². The fraction of sp³-hybridized carbons (Fsp3) is 0.0164. The molecule has 3 heteroatoms. The molecule has 0 amide bonds. The van der Waals surface area contributed by atoms with Gasteiger partial charge in [0.1, 0.15) is 22.7 Å². The van der Waals surface area contributed by atoms with Gasteiger partial charge in [0.05, 0.1) is 5.41 Å². The number of furan rings is 1. The molecular formula is C61H37NO2. The average Bonchev–Trinajstić information content (AvgIpc) is 3.78. The van der Waals surface area contributed by atoms with Gasteiger partial charge in [0.15, 0.2) is 0 Å². The Morgan fingerprint density at radius 2 is 0.781 bits per heavy atom. The van der Waals surface area contributed by atoms with Gasteiger partial charge in [0.2, 0.25) is 0 Å². The summed E-state index contributed by atoms with van der Waals surface area (Å²) in [5, 5.41) is 2.26. The van der Waals surface area contributed by atoms with Gasteiger partial charge in [0.25, 0.3) is 0 Å². The van der Waals surface area contributed by atoms with E-state index >= 15 is 0 Å². The van der Waals surface area contributed by atoms with Crippen LogP contribution in [-0.2, 0) is 5.41 Å². The lowest BCUT2D eigenvalue weighted by Gasteiger charge is -2.36. The van der Waals surface area contributed by atoms with Crippen molar-refractivity contribution in [3.05, 3.63) is 247 Å². The van der Waals surface area contributed by atoms with E-state index in [1.54, 1.807) is 0 Å². The molecule has 64 heavy (non-hydrogen) atoms. The van der Waals surface area contributed by atoms with Crippen molar-refractivity contribution in [3.63, 3.8) is 0 Å². The summed E-state index contributed by atoms with van der Waals surface area (Å²) in [4.78, 5) is 2.40. The second-order valence-electron chi connectivity index (χ2n) is 17.1. The van der Waals surface area contributed by atoms with Crippen LogP contribution in [0.1, 0.15) is 22.3 Å². The van der Waals surface area contributed by atoms with Crippen LogP contribution >= 0.6 is 0 Å². The molecule has 3 aliphatic rings. The third-order valence-electron chi connectivity index (χ3n) is 13.9. The van der Waals surface area contributed by atoms with Gasteiger partial charge >= 0.3 is 0 Å². The zero-order valence-corrected chi connectivity index (χ0v) is 34.6. The third kappa shape index (κ3) is 4.81. The number of nitrogens with zero attached hydrogens (tertiary/aromatic N) is 1. The minimum Gasteiger partial charge on any atom is -0.456 e. The predicted octanol–water partition coefficient (Wildman–Crippen LogP) is 16.5. The Labute approximate surface area is 370 Å². The molecule has 14 rings (SSSR count). The normalized spacial score (nSPS) is 14.8. The number of anilines is 3. The van der Waals surface area contributed by atoms with E-state index in [2.05, 4.69) is 223 Å². The lowest BCUT2D eigenvalue weighted by atomic mass is 9.65. The first kappa shape index (κ1) is 35.2. The summed E-state index contributed by atoms with van der Waals surface area (Å²) in [6.45, 7) is 0. The van der Waals surface area contributed by atoms with Crippen LogP contribution in [0.2, 0.25) is 0 Å². The van der Waals surface area contributed by atoms with Gasteiger partial charge in [-0.3, -0.25) is 0 Å². The first-order valence-corrected chi connectivity index (χ1v) is 22.0. The van der Waals surface area contributed by atoms with Crippen molar-refractivity contribution in [1.29, 1.82) is 0 Å². The van der Waals surface area contributed by atoms with Gasteiger partial charge in [0, 0.05) is 39.0 Å². The zero-order valence-electron chi connectivity index (χ0n) is 34.6. The van der Waals surface area contributed by atoms with Crippen LogP contribution in [0.25, 0.3) is 77.6 Å². The summed E-state index contributed by atoms with van der Waals surface area (Å²) in [7, 11) is 0. The largest absolute Gasteiger partial charge is 0.456 e. The Balaban J connectivity index is 1.05. The summed E-state index contributed by atoms with van der Waals surface area (Å²) in [5.74, 6) is 1.69. The van der Waals surface area contributed by atoms with E-state index in [0.717, 1.165) is 72.8 Å². The number of fused-ring (bicyclic) bond motifs is 20. The van der Waals surface area contributed by atoms with Crippen molar-refractivity contribution in [2.24, 2.45) is 0 Å². The number of rotatable bonds is 3. The van der Waals surface area contributed by atoms with E-state index in [1.165, 1.54) is 55.6 Å².